The summed E-state index contributed by atoms with van der Waals surface area (Å²) in [6.45, 7) is 5.97. The summed E-state index contributed by atoms with van der Waals surface area (Å²) < 4.78 is 4.90. The van der Waals surface area contributed by atoms with Crippen LogP contribution in [0.2, 0.25) is 10.0 Å². The Morgan fingerprint density at radius 2 is 1.96 bits per heavy atom. The van der Waals surface area contributed by atoms with Crippen molar-refractivity contribution in [3.05, 3.63) is 45.6 Å². The third kappa shape index (κ3) is 5.47. The van der Waals surface area contributed by atoms with Crippen LogP contribution in [-0.4, -0.2) is 35.0 Å². The molecule has 2 amide bonds. The fourth-order valence-electron chi connectivity index (χ4n) is 2.25. The summed E-state index contributed by atoms with van der Waals surface area (Å²) >= 11 is 11.9. The highest BCUT2D eigenvalue weighted by molar-refractivity contribution is 6.42. The van der Waals surface area contributed by atoms with Crippen LogP contribution in [0.15, 0.2) is 28.8 Å². The maximum atomic E-state index is 12.7. The van der Waals surface area contributed by atoms with Gasteiger partial charge in [0, 0.05) is 18.2 Å². The minimum absolute atomic E-state index is 0.108. The maximum Gasteiger partial charge on any atom is 0.254 e. The summed E-state index contributed by atoms with van der Waals surface area (Å²) in [4.78, 5) is 26.4. The van der Waals surface area contributed by atoms with E-state index in [1.807, 2.05) is 13.8 Å². The number of amides is 2. The lowest BCUT2D eigenvalue weighted by Crippen LogP contribution is -2.40. The number of hydrogen-bond donors (Lipinski definition) is 1. The molecule has 1 aromatic heterocycles. The van der Waals surface area contributed by atoms with Gasteiger partial charge in [0.2, 0.25) is 5.91 Å². The lowest BCUT2D eigenvalue weighted by molar-refractivity contribution is -0.117. The van der Waals surface area contributed by atoms with Crippen LogP contribution in [0.3, 0.4) is 0 Å². The Morgan fingerprint density at radius 3 is 2.52 bits per heavy atom. The molecule has 0 bridgehead atoms. The molecule has 1 aromatic carbocycles. The molecule has 25 heavy (non-hydrogen) atoms. The van der Waals surface area contributed by atoms with Gasteiger partial charge in [-0.25, -0.2) is 0 Å². The van der Waals surface area contributed by atoms with Crippen LogP contribution in [0.4, 0.5) is 5.82 Å². The van der Waals surface area contributed by atoms with Crippen molar-refractivity contribution in [2.45, 2.75) is 20.8 Å². The van der Waals surface area contributed by atoms with Crippen molar-refractivity contribution in [1.82, 2.24) is 10.1 Å². The number of anilines is 1. The van der Waals surface area contributed by atoms with Gasteiger partial charge in [-0.2, -0.15) is 0 Å². The van der Waals surface area contributed by atoms with Crippen LogP contribution < -0.4 is 5.32 Å². The number of carbonyl (C=O) groups is 2. The summed E-state index contributed by atoms with van der Waals surface area (Å²) in [7, 11) is 0. The van der Waals surface area contributed by atoms with E-state index < -0.39 is 0 Å². The normalized spacial score (nSPS) is 10.8. The number of nitrogens with one attached hydrogen (secondary N) is 1. The molecule has 8 heteroatoms. The lowest BCUT2D eigenvalue weighted by Gasteiger charge is -2.24. The highest BCUT2D eigenvalue weighted by Gasteiger charge is 2.21. The van der Waals surface area contributed by atoms with Crippen LogP contribution in [0.1, 0.15) is 30.0 Å². The van der Waals surface area contributed by atoms with Gasteiger partial charge in [0.1, 0.15) is 12.3 Å². The molecule has 1 heterocycles. The second-order valence-corrected chi connectivity index (χ2v) is 6.89. The van der Waals surface area contributed by atoms with Gasteiger partial charge >= 0.3 is 0 Å². The van der Waals surface area contributed by atoms with Gasteiger partial charge < -0.3 is 14.7 Å². The molecule has 0 aliphatic rings. The molecule has 2 aromatic rings. The van der Waals surface area contributed by atoms with E-state index in [1.54, 1.807) is 25.1 Å². The smallest absolute Gasteiger partial charge is 0.254 e. The molecule has 0 saturated heterocycles. The zero-order valence-corrected chi connectivity index (χ0v) is 15.7. The Balaban J connectivity index is 2.12. The Kier molecular flexibility index (Phi) is 6.45. The third-order valence-corrected chi connectivity index (χ3v) is 4.01. The largest absolute Gasteiger partial charge is 0.360 e. The van der Waals surface area contributed by atoms with Crippen molar-refractivity contribution in [2.75, 3.05) is 18.4 Å². The van der Waals surface area contributed by atoms with Crippen LogP contribution in [0, 0.1) is 12.8 Å². The summed E-state index contributed by atoms with van der Waals surface area (Å²) in [6, 6.07) is 6.25. The van der Waals surface area contributed by atoms with Gasteiger partial charge in [-0.15, -0.1) is 0 Å². The van der Waals surface area contributed by atoms with E-state index in [2.05, 4.69) is 10.5 Å². The van der Waals surface area contributed by atoms with Crippen LogP contribution in [0.5, 0.6) is 0 Å². The van der Waals surface area contributed by atoms with E-state index in [-0.39, 0.29) is 24.3 Å². The molecule has 1 N–H and O–H groups in total. The van der Waals surface area contributed by atoms with Crippen molar-refractivity contribution >= 4 is 40.8 Å². The fraction of sp³-hybridized carbons (Fsp3) is 0.353. The molecule has 0 spiro atoms. The summed E-state index contributed by atoms with van der Waals surface area (Å²) in [5, 5.41) is 6.97. The molecule has 2 rings (SSSR count). The van der Waals surface area contributed by atoms with Gasteiger partial charge in [0.15, 0.2) is 5.82 Å². The fourth-order valence-corrected chi connectivity index (χ4v) is 2.55. The summed E-state index contributed by atoms with van der Waals surface area (Å²) in [5.41, 5.74) is 0.375. The number of hydrogen-bond acceptors (Lipinski definition) is 4. The molecule has 0 atom stereocenters. The summed E-state index contributed by atoms with van der Waals surface area (Å²) in [5.74, 6) is 0.435. The van der Waals surface area contributed by atoms with Crippen LogP contribution in [0.25, 0.3) is 0 Å². The van der Waals surface area contributed by atoms with Crippen LogP contribution >= 0.6 is 23.2 Å². The molecule has 0 aliphatic heterocycles. The Hall–Kier alpha value is -2.05. The molecule has 0 fully saturated rings. The van der Waals surface area contributed by atoms with E-state index in [0.717, 1.165) is 0 Å². The summed E-state index contributed by atoms with van der Waals surface area (Å²) in [6.07, 6.45) is 0. The molecule has 0 aliphatic carbocycles. The number of benzene rings is 1. The zero-order valence-electron chi connectivity index (χ0n) is 14.2. The van der Waals surface area contributed by atoms with Crippen molar-refractivity contribution < 1.29 is 14.1 Å². The van der Waals surface area contributed by atoms with Crippen molar-refractivity contribution in [3.8, 4) is 0 Å². The van der Waals surface area contributed by atoms with Crippen molar-refractivity contribution in [1.29, 1.82) is 0 Å². The first-order chi connectivity index (χ1) is 11.8. The lowest BCUT2D eigenvalue weighted by atomic mass is 10.1. The number of rotatable bonds is 6. The number of nitrogens with zero attached hydrogens (tertiary/aromatic N) is 2. The highest BCUT2D eigenvalue weighted by Crippen LogP contribution is 2.23. The monoisotopic (exact) mass is 383 g/mol. The predicted octanol–water partition coefficient (Wildman–Crippen LogP) is 4.03. The predicted molar refractivity (Wildman–Crippen MR) is 97.1 cm³/mol. The second-order valence-electron chi connectivity index (χ2n) is 6.08. The third-order valence-electron chi connectivity index (χ3n) is 3.27. The standard InChI is InChI=1S/C17H19Cl2N3O3/c1-10(2)8-22(9-16(23)20-15-6-11(3)25-21-15)17(24)12-4-5-13(18)14(19)7-12/h4-7,10H,8-9H2,1-3H3,(H,20,21,23). The average molecular weight is 384 g/mol. The van der Waals surface area contributed by atoms with Crippen molar-refractivity contribution in [3.63, 3.8) is 0 Å². The molecule has 134 valence electrons. The van der Waals surface area contributed by atoms with E-state index in [0.29, 0.717) is 33.7 Å². The molecule has 0 unspecified atom stereocenters. The number of halogens is 2. The van der Waals surface area contributed by atoms with E-state index in [4.69, 9.17) is 27.7 Å². The minimum atomic E-state index is -0.359. The first kappa shape index (κ1) is 19.3. The number of aryl methyl sites for hydroxylation is 1. The second kappa shape index (κ2) is 8.36. The maximum absolute atomic E-state index is 12.7. The zero-order chi connectivity index (χ0) is 18.6. The Morgan fingerprint density at radius 1 is 1.24 bits per heavy atom. The van der Waals surface area contributed by atoms with Crippen molar-refractivity contribution in [2.24, 2.45) is 5.92 Å². The quantitative estimate of drug-likeness (QED) is 0.816. The van der Waals surface area contributed by atoms with E-state index in [9.17, 15) is 9.59 Å². The highest BCUT2D eigenvalue weighted by atomic mass is 35.5. The topological polar surface area (TPSA) is 75.4 Å². The first-order valence-electron chi connectivity index (χ1n) is 7.73. The Labute approximate surface area is 156 Å². The van der Waals surface area contributed by atoms with E-state index >= 15 is 0 Å². The number of carbonyl (C=O) groups excluding carboxylic acids is 2. The molecule has 0 saturated carbocycles. The Bertz CT molecular complexity index is 774. The van der Waals surface area contributed by atoms with Gasteiger partial charge in [-0.05, 0) is 31.0 Å². The molecular formula is C17H19Cl2N3O3. The van der Waals surface area contributed by atoms with Gasteiger partial charge in [0.05, 0.1) is 10.0 Å². The first-order valence-corrected chi connectivity index (χ1v) is 8.49. The minimum Gasteiger partial charge on any atom is -0.360 e. The van der Waals surface area contributed by atoms with Crippen LogP contribution in [-0.2, 0) is 4.79 Å². The molecule has 0 radical (unpaired) electrons. The number of aromatic nitrogens is 1. The van der Waals surface area contributed by atoms with E-state index in [1.165, 1.54) is 11.0 Å². The van der Waals surface area contributed by atoms with Gasteiger partial charge in [0.25, 0.3) is 5.91 Å². The van der Waals surface area contributed by atoms with Gasteiger partial charge in [-0.3, -0.25) is 9.59 Å². The molecular weight excluding hydrogens is 365 g/mol. The average Bonchev–Trinajstić information content (AvgIpc) is 2.93. The molecule has 6 nitrogen and oxygen atoms in total. The SMILES string of the molecule is Cc1cc(NC(=O)CN(CC(C)C)C(=O)c2ccc(Cl)c(Cl)c2)no1. The van der Waals surface area contributed by atoms with Gasteiger partial charge in [-0.1, -0.05) is 42.2 Å².